The minimum atomic E-state index is -0.241. The highest BCUT2D eigenvalue weighted by Gasteiger charge is 2.25. The van der Waals surface area contributed by atoms with E-state index in [1.165, 1.54) is 22.9 Å². The molecule has 1 aromatic heterocycles. The van der Waals surface area contributed by atoms with Crippen LogP contribution in [-0.4, -0.2) is 5.11 Å². The van der Waals surface area contributed by atoms with E-state index in [9.17, 15) is 5.11 Å². The Bertz CT molecular complexity index is 437. The molecule has 0 spiro atoms. The Hall–Kier alpha value is -0.860. The van der Waals surface area contributed by atoms with Gasteiger partial charge in [0.2, 0.25) is 0 Å². The second-order valence-corrected chi connectivity index (χ2v) is 5.50. The minimum Gasteiger partial charge on any atom is -0.388 e. The summed E-state index contributed by atoms with van der Waals surface area (Å²) in [6.45, 7) is 0. The fourth-order valence-electron chi connectivity index (χ4n) is 1.95. The van der Waals surface area contributed by atoms with E-state index in [2.05, 4.69) is 24.3 Å². The predicted octanol–water partition coefficient (Wildman–Crippen LogP) is 3.73. The van der Waals surface area contributed by atoms with E-state index >= 15 is 0 Å². The highest BCUT2D eigenvalue weighted by Crippen LogP contribution is 2.40. The molecule has 2 heteroatoms. The van der Waals surface area contributed by atoms with Crippen LogP contribution >= 0.6 is 11.3 Å². The van der Waals surface area contributed by atoms with Gasteiger partial charge in [0.1, 0.15) is 0 Å². The van der Waals surface area contributed by atoms with Crippen molar-refractivity contribution in [2.24, 2.45) is 5.92 Å². The van der Waals surface area contributed by atoms with Crippen LogP contribution in [0, 0.1) is 5.92 Å². The fraction of sp³-hybridized carbons (Fsp3) is 0.385. The quantitative estimate of drug-likeness (QED) is 0.832. The molecule has 0 radical (unpaired) electrons. The van der Waals surface area contributed by atoms with Crippen molar-refractivity contribution < 1.29 is 5.11 Å². The summed E-state index contributed by atoms with van der Waals surface area (Å²) in [4.78, 5) is 1.13. The summed E-state index contributed by atoms with van der Waals surface area (Å²) in [5.74, 6) is 0.783. The van der Waals surface area contributed by atoms with Gasteiger partial charge in [0.25, 0.3) is 0 Å². The van der Waals surface area contributed by atoms with Gasteiger partial charge in [-0.25, -0.2) is 0 Å². The van der Waals surface area contributed by atoms with Crippen molar-refractivity contribution >= 4 is 21.4 Å². The molecule has 1 aromatic carbocycles. The maximum absolute atomic E-state index is 10.0. The van der Waals surface area contributed by atoms with E-state index in [-0.39, 0.29) is 6.10 Å². The van der Waals surface area contributed by atoms with Crippen molar-refractivity contribution in [1.29, 1.82) is 0 Å². The monoisotopic (exact) mass is 218 g/mol. The van der Waals surface area contributed by atoms with E-state index < -0.39 is 0 Å². The Morgan fingerprint density at radius 1 is 1.33 bits per heavy atom. The van der Waals surface area contributed by atoms with Crippen molar-refractivity contribution in [3.05, 3.63) is 35.2 Å². The lowest BCUT2D eigenvalue weighted by atomic mass is 10.1. The Labute approximate surface area is 93.4 Å². The van der Waals surface area contributed by atoms with E-state index in [4.69, 9.17) is 0 Å². The van der Waals surface area contributed by atoms with Crippen LogP contribution in [0.2, 0.25) is 0 Å². The largest absolute Gasteiger partial charge is 0.388 e. The van der Waals surface area contributed by atoms with Crippen LogP contribution < -0.4 is 0 Å². The Morgan fingerprint density at radius 3 is 2.87 bits per heavy atom. The van der Waals surface area contributed by atoms with Crippen LogP contribution in [0.1, 0.15) is 30.2 Å². The van der Waals surface area contributed by atoms with Gasteiger partial charge in [-0.3, -0.25) is 0 Å². The lowest BCUT2D eigenvalue weighted by Crippen LogP contribution is -1.94. The number of benzene rings is 1. The first-order valence-electron chi connectivity index (χ1n) is 5.49. The Balaban J connectivity index is 1.89. The van der Waals surface area contributed by atoms with Crippen LogP contribution in [0.15, 0.2) is 30.3 Å². The number of fused-ring (bicyclic) bond motifs is 1. The zero-order valence-electron chi connectivity index (χ0n) is 8.52. The number of aliphatic hydroxyl groups excluding tert-OH is 1. The molecule has 78 valence electrons. The molecule has 1 fully saturated rings. The predicted molar refractivity (Wildman–Crippen MR) is 64.1 cm³/mol. The third kappa shape index (κ3) is 1.92. The van der Waals surface area contributed by atoms with Crippen LogP contribution in [-0.2, 0) is 0 Å². The number of hydrogen-bond acceptors (Lipinski definition) is 2. The van der Waals surface area contributed by atoms with Gasteiger partial charge in [-0.2, -0.15) is 0 Å². The van der Waals surface area contributed by atoms with E-state index in [1.807, 2.05) is 6.07 Å². The number of rotatable bonds is 3. The van der Waals surface area contributed by atoms with Crippen LogP contribution in [0.3, 0.4) is 0 Å². The van der Waals surface area contributed by atoms with Crippen LogP contribution in [0.5, 0.6) is 0 Å². The number of hydrogen-bond donors (Lipinski definition) is 1. The summed E-state index contributed by atoms with van der Waals surface area (Å²) in [6, 6.07) is 10.5. The second kappa shape index (κ2) is 3.62. The summed E-state index contributed by atoms with van der Waals surface area (Å²) in [5.41, 5.74) is 0. The fourth-order valence-corrected chi connectivity index (χ4v) is 3.02. The molecule has 0 saturated heterocycles. The lowest BCUT2D eigenvalue weighted by molar-refractivity contribution is 0.164. The zero-order chi connectivity index (χ0) is 10.3. The van der Waals surface area contributed by atoms with Gasteiger partial charge < -0.3 is 5.11 Å². The third-order valence-corrected chi connectivity index (χ3v) is 4.24. The second-order valence-electron chi connectivity index (χ2n) is 4.38. The third-order valence-electron chi connectivity index (χ3n) is 3.03. The molecule has 1 N–H and O–H groups in total. The highest BCUT2D eigenvalue weighted by molar-refractivity contribution is 7.19. The average molecular weight is 218 g/mol. The van der Waals surface area contributed by atoms with Gasteiger partial charge in [0, 0.05) is 9.58 Å². The highest BCUT2D eigenvalue weighted by atomic mass is 32.1. The van der Waals surface area contributed by atoms with Gasteiger partial charge >= 0.3 is 0 Å². The van der Waals surface area contributed by atoms with Gasteiger partial charge in [-0.15, -0.1) is 11.3 Å². The summed E-state index contributed by atoms with van der Waals surface area (Å²) in [7, 11) is 0. The first-order chi connectivity index (χ1) is 7.33. The average Bonchev–Trinajstić information content (AvgIpc) is 2.95. The van der Waals surface area contributed by atoms with Crippen molar-refractivity contribution in [1.82, 2.24) is 0 Å². The molecule has 1 aliphatic carbocycles. The molecule has 0 amide bonds. The van der Waals surface area contributed by atoms with Crippen molar-refractivity contribution in [2.45, 2.75) is 25.4 Å². The molecule has 0 aliphatic heterocycles. The molecular weight excluding hydrogens is 204 g/mol. The summed E-state index contributed by atoms with van der Waals surface area (Å²) in [6.07, 6.45) is 3.33. The van der Waals surface area contributed by atoms with E-state index in [0.29, 0.717) is 0 Å². The van der Waals surface area contributed by atoms with Crippen molar-refractivity contribution in [3.8, 4) is 0 Å². The minimum absolute atomic E-state index is 0.241. The maximum Gasteiger partial charge on any atom is 0.0885 e. The Morgan fingerprint density at radius 2 is 2.13 bits per heavy atom. The number of aliphatic hydroxyl groups is 1. The molecule has 2 aromatic rings. The Kier molecular flexibility index (Phi) is 2.26. The molecule has 0 bridgehead atoms. The molecule has 1 aliphatic rings. The van der Waals surface area contributed by atoms with Crippen molar-refractivity contribution in [2.75, 3.05) is 0 Å². The maximum atomic E-state index is 10.0. The van der Waals surface area contributed by atoms with Gasteiger partial charge in [0.05, 0.1) is 6.10 Å². The molecule has 3 rings (SSSR count). The molecular formula is C13H14OS. The first-order valence-corrected chi connectivity index (χ1v) is 6.31. The molecule has 1 atom stereocenters. The normalized spacial score (nSPS) is 18.2. The SMILES string of the molecule is OC(CC1CC1)c1cc2ccccc2s1. The van der Waals surface area contributed by atoms with Crippen molar-refractivity contribution in [3.63, 3.8) is 0 Å². The molecule has 15 heavy (non-hydrogen) atoms. The van der Waals surface area contributed by atoms with Gasteiger partial charge in [-0.1, -0.05) is 31.0 Å². The molecule has 1 saturated carbocycles. The number of thiophene rings is 1. The van der Waals surface area contributed by atoms with Gasteiger partial charge in [0.15, 0.2) is 0 Å². The molecule has 1 nitrogen and oxygen atoms in total. The summed E-state index contributed by atoms with van der Waals surface area (Å²) >= 11 is 1.73. The van der Waals surface area contributed by atoms with E-state index in [1.54, 1.807) is 11.3 Å². The van der Waals surface area contributed by atoms with E-state index in [0.717, 1.165) is 17.2 Å². The smallest absolute Gasteiger partial charge is 0.0885 e. The topological polar surface area (TPSA) is 20.2 Å². The first kappa shape index (κ1) is 9.37. The van der Waals surface area contributed by atoms with Crippen LogP contribution in [0.4, 0.5) is 0 Å². The van der Waals surface area contributed by atoms with Crippen LogP contribution in [0.25, 0.3) is 10.1 Å². The molecule has 1 heterocycles. The zero-order valence-corrected chi connectivity index (χ0v) is 9.33. The standard InChI is InChI=1S/C13H14OS/c14-11(7-9-5-6-9)13-8-10-3-1-2-4-12(10)15-13/h1-4,8-9,11,14H,5-7H2. The lowest BCUT2D eigenvalue weighted by Gasteiger charge is -2.05. The molecule has 1 unspecified atom stereocenters. The summed E-state index contributed by atoms with van der Waals surface area (Å²) in [5, 5.41) is 11.3. The van der Waals surface area contributed by atoms with Gasteiger partial charge in [-0.05, 0) is 29.9 Å². The summed E-state index contributed by atoms with van der Waals surface area (Å²) < 4.78 is 1.28.